The van der Waals surface area contributed by atoms with Gasteiger partial charge in [0.15, 0.2) is 12.2 Å². The van der Waals surface area contributed by atoms with Crippen molar-refractivity contribution in [3.63, 3.8) is 0 Å². The van der Waals surface area contributed by atoms with Gasteiger partial charge >= 0.3 is 39.5 Å². The van der Waals surface area contributed by atoms with Crippen LogP contribution in [-0.4, -0.2) is 96.7 Å². The topological polar surface area (TPSA) is 237 Å². The first-order chi connectivity index (χ1) is 45.0. The Labute approximate surface area is 568 Å². The average Bonchev–Trinajstić information content (AvgIpc) is 1.74. The molecule has 5 atom stereocenters. The zero-order valence-corrected chi connectivity index (χ0v) is 62.2. The molecule has 0 bridgehead atoms. The third-order valence-electron chi connectivity index (χ3n) is 17.3. The first-order valence-electron chi connectivity index (χ1n) is 38.6. The number of rotatable bonds is 74. The summed E-state index contributed by atoms with van der Waals surface area (Å²) < 4.78 is 68.2. The maximum atomic E-state index is 13.1. The van der Waals surface area contributed by atoms with Gasteiger partial charge in [0, 0.05) is 25.7 Å². The first-order valence-corrected chi connectivity index (χ1v) is 41.6. The number of phosphoric acid groups is 2. The van der Waals surface area contributed by atoms with Crippen molar-refractivity contribution >= 4 is 39.5 Å². The molecule has 0 aromatic rings. The number of hydrogen-bond donors (Lipinski definition) is 3. The molecule has 3 N–H and O–H groups in total. The molecule has 0 saturated carbocycles. The normalized spacial score (nSPS) is 14.0. The summed E-state index contributed by atoms with van der Waals surface area (Å²) >= 11 is 0. The van der Waals surface area contributed by atoms with E-state index < -0.39 is 97.5 Å². The summed E-state index contributed by atoms with van der Waals surface area (Å²) in [6, 6.07) is 0. The highest BCUT2D eigenvalue weighted by Gasteiger charge is 2.30. The van der Waals surface area contributed by atoms with E-state index in [1.54, 1.807) is 0 Å². The molecule has 0 aromatic heterocycles. The van der Waals surface area contributed by atoms with Crippen molar-refractivity contribution < 1.29 is 80.2 Å². The highest BCUT2D eigenvalue weighted by Crippen LogP contribution is 2.45. The lowest BCUT2D eigenvalue weighted by molar-refractivity contribution is -0.161. The summed E-state index contributed by atoms with van der Waals surface area (Å²) in [5.41, 5.74) is 0. The largest absolute Gasteiger partial charge is 0.472 e. The Morgan fingerprint density at radius 2 is 0.495 bits per heavy atom. The molecule has 0 aromatic carbocycles. The predicted molar refractivity (Wildman–Crippen MR) is 377 cm³/mol. The molecule has 0 amide bonds. The van der Waals surface area contributed by atoms with E-state index in [0.29, 0.717) is 25.7 Å². The van der Waals surface area contributed by atoms with Crippen LogP contribution >= 0.6 is 15.6 Å². The fourth-order valence-corrected chi connectivity index (χ4v) is 12.9. The number of phosphoric ester groups is 2. The van der Waals surface area contributed by atoms with E-state index in [0.717, 1.165) is 102 Å². The summed E-state index contributed by atoms with van der Waals surface area (Å²) in [6.45, 7) is 7.23. The van der Waals surface area contributed by atoms with Crippen LogP contribution < -0.4 is 0 Å². The number of carbonyl (C=O) groups excluding carboxylic acids is 4. The van der Waals surface area contributed by atoms with Gasteiger partial charge in [0.25, 0.3) is 0 Å². The lowest BCUT2D eigenvalue weighted by Crippen LogP contribution is -2.30. The Morgan fingerprint density at radius 1 is 0.290 bits per heavy atom. The van der Waals surface area contributed by atoms with Crippen molar-refractivity contribution in [1.29, 1.82) is 0 Å². The summed E-state index contributed by atoms with van der Waals surface area (Å²) in [4.78, 5) is 72.5. The second-order valence-corrected chi connectivity index (χ2v) is 30.1. The van der Waals surface area contributed by atoms with Gasteiger partial charge in [-0.25, -0.2) is 9.13 Å². The Morgan fingerprint density at radius 3 is 0.731 bits per heavy atom. The molecule has 0 aliphatic rings. The molecule has 0 heterocycles. The Kier molecular flexibility index (Phi) is 65.9. The SMILES string of the molecule is CCCCCCCCCCCCCCCCCC(=O)OC[C@H](COP(=O)(O)OC[C@@H](O)COP(=O)(O)OC[C@@H](COC(=O)CCCCCCC)OC(=O)CCCCCCCCCCCCCCCC)OC(=O)CCCCCCCCCCCCCCCCCCC(C)C. The zero-order valence-electron chi connectivity index (χ0n) is 60.4. The van der Waals surface area contributed by atoms with Gasteiger partial charge < -0.3 is 33.8 Å². The summed E-state index contributed by atoms with van der Waals surface area (Å²) in [7, 11) is -9.90. The minimum Gasteiger partial charge on any atom is -0.462 e. The molecule has 93 heavy (non-hydrogen) atoms. The number of unbranched alkanes of at least 4 members (excludes halogenated alkanes) is 46. The number of aliphatic hydroxyl groups is 1. The van der Waals surface area contributed by atoms with Gasteiger partial charge in [-0.05, 0) is 31.6 Å². The molecule has 0 spiro atoms. The van der Waals surface area contributed by atoms with Crippen molar-refractivity contribution in [1.82, 2.24) is 0 Å². The van der Waals surface area contributed by atoms with Crippen LogP contribution in [0.15, 0.2) is 0 Å². The second kappa shape index (κ2) is 67.3. The van der Waals surface area contributed by atoms with Crippen LogP contribution in [0.3, 0.4) is 0 Å². The molecule has 0 aliphatic heterocycles. The molecule has 2 unspecified atom stereocenters. The lowest BCUT2D eigenvalue weighted by atomic mass is 10.0. The van der Waals surface area contributed by atoms with Crippen LogP contribution in [0.4, 0.5) is 0 Å². The van der Waals surface area contributed by atoms with Crippen molar-refractivity contribution in [2.45, 2.75) is 406 Å². The van der Waals surface area contributed by atoms with E-state index >= 15 is 0 Å². The van der Waals surface area contributed by atoms with Gasteiger partial charge in [0.1, 0.15) is 19.3 Å². The quantitative estimate of drug-likeness (QED) is 0.0222. The minimum absolute atomic E-state index is 0.107. The molecule has 0 fully saturated rings. The molecular weight excluding hydrogens is 1220 g/mol. The van der Waals surface area contributed by atoms with Gasteiger partial charge in [-0.15, -0.1) is 0 Å². The lowest BCUT2D eigenvalue weighted by Gasteiger charge is -2.21. The smallest absolute Gasteiger partial charge is 0.462 e. The Hall–Kier alpha value is -1.94. The molecule has 19 heteroatoms. The Balaban J connectivity index is 5.14. The number of ether oxygens (including phenoxy) is 4. The number of hydrogen-bond acceptors (Lipinski definition) is 15. The zero-order chi connectivity index (χ0) is 68.4. The highest BCUT2D eigenvalue weighted by molar-refractivity contribution is 7.47. The number of aliphatic hydroxyl groups excluding tert-OH is 1. The van der Waals surface area contributed by atoms with Gasteiger partial charge in [-0.3, -0.25) is 37.3 Å². The van der Waals surface area contributed by atoms with Crippen LogP contribution in [0.1, 0.15) is 388 Å². The van der Waals surface area contributed by atoms with Crippen molar-refractivity contribution in [3.05, 3.63) is 0 Å². The number of carbonyl (C=O) groups is 4. The maximum absolute atomic E-state index is 13.1. The number of esters is 4. The standard InChI is InChI=1S/C74H144O17P2/c1-6-9-12-15-17-19-21-23-27-32-35-39-43-48-53-58-72(77)85-64-70(91-74(79)60-55-50-45-41-37-33-29-26-25-28-30-34-38-42-47-51-56-67(4)5)66-89-93(82,83)87-62-68(75)61-86-92(80,81)88-65-69(63-84-71(76)57-52-46-14-11-8-3)90-73(78)59-54-49-44-40-36-31-24-22-20-18-16-13-10-7-2/h67-70,75H,6-66H2,1-5H3,(H,80,81)(H,82,83)/t68-,69+,70+/m0/s1. The summed E-state index contributed by atoms with van der Waals surface area (Å²) in [6.07, 6.45) is 55.8. The molecule has 0 radical (unpaired) electrons. The van der Waals surface area contributed by atoms with Crippen molar-refractivity contribution in [3.8, 4) is 0 Å². The van der Waals surface area contributed by atoms with E-state index in [1.807, 2.05) is 0 Å². The molecular formula is C74H144O17P2. The highest BCUT2D eigenvalue weighted by atomic mass is 31.2. The molecule has 0 saturated heterocycles. The van der Waals surface area contributed by atoms with Crippen LogP contribution in [0, 0.1) is 5.92 Å². The monoisotopic (exact) mass is 1370 g/mol. The molecule has 552 valence electrons. The predicted octanol–water partition coefficient (Wildman–Crippen LogP) is 21.7. The van der Waals surface area contributed by atoms with Gasteiger partial charge in [-0.1, -0.05) is 336 Å². The van der Waals surface area contributed by atoms with E-state index in [9.17, 15) is 43.2 Å². The van der Waals surface area contributed by atoms with Crippen LogP contribution in [0.2, 0.25) is 0 Å². The maximum Gasteiger partial charge on any atom is 0.472 e. The fraction of sp³-hybridized carbons (Fsp3) is 0.946. The third kappa shape index (κ3) is 68.4. The van der Waals surface area contributed by atoms with E-state index in [1.165, 1.54) is 205 Å². The van der Waals surface area contributed by atoms with Crippen molar-refractivity contribution in [2.24, 2.45) is 5.92 Å². The van der Waals surface area contributed by atoms with Crippen LogP contribution in [0.25, 0.3) is 0 Å². The van der Waals surface area contributed by atoms with Crippen molar-refractivity contribution in [2.75, 3.05) is 39.6 Å². The summed E-state index contributed by atoms with van der Waals surface area (Å²) in [5, 5.41) is 10.6. The second-order valence-electron chi connectivity index (χ2n) is 27.2. The van der Waals surface area contributed by atoms with Gasteiger partial charge in [-0.2, -0.15) is 0 Å². The average molecular weight is 1370 g/mol. The van der Waals surface area contributed by atoms with Gasteiger partial charge in [0.05, 0.1) is 26.4 Å². The van der Waals surface area contributed by atoms with E-state index in [4.69, 9.17) is 37.0 Å². The van der Waals surface area contributed by atoms with Crippen LogP contribution in [0.5, 0.6) is 0 Å². The van der Waals surface area contributed by atoms with Crippen LogP contribution in [-0.2, 0) is 65.4 Å². The van der Waals surface area contributed by atoms with Gasteiger partial charge in [0.2, 0.25) is 0 Å². The molecule has 17 nitrogen and oxygen atoms in total. The molecule has 0 aliphatic carbocycles. The fourth-order valence-electron chi connectivity index (χ4n) is 11.4. The summed E-state index contributed by atoms with van der Waals surface area (Å²) in [5.74, 6) is -1.32. The van der Waals surface area contributed by atoms with E-state index in [-0.39, 0.29) is 25.7 Å². The Bertz CT molecular complexity index is 1790. The molecule has 0 rings (SSSR count). The minimum atomic E-state index is -4.95. The van der Waals surface area contributed by atoms with E-state index in [2.05, 4.69) is 34.6 Å². The first kappa shape index (κ1) is 91.1. The third-order valence-corrected chi connectivity index (χ3v) is 19.2.